The SMILES string of the molecule is CCO.O.O.O.[Ba+2].[H-].[H-].[Ti]. The van der Waals surface area contributed by atoms with Crippen molar-refractivity contribution >= 4 is 48.9 Å². The molecule has 0 saturated heterocycles. The Kier molecular flexibility index (Phi) is 382. The van der Waals surface area contributed by atoms with Crippen LogP contribution in [-0.2, 0) is 21.7 Å². The first-order valence-corrected chi connectivity index (χ1v) is 1.02. The summed E-state index contributed by atoms with van der Waals surface area (Å²) in [4.78, 5) is 0. The van der Waals surface area contributed by atoms with Gasteiger partial charge in [-0.3, -0.25) is 0 Å². The topological polar surface area (TPSA) is 115 Å². The molecular weight excluding hydrogens is 273 g/mol. The van der Waals surface area contributed by atoms with Crippen LogP contribution in [0.1, 0.15) is 9.78 Å². The Hall–Kier alpha value is 2.13. The van der Waals surface area contributed by atoms with E-state index in [1.807, 2.05) is 0 Å². The third-order valence-corrected chi connectivity index (χ3v) is 0. The van der Waals surface area contributed by atoms with Crippen molar-refractivity contribution in [3.8, 4) is 0 Å². The molecule has 8 heavy (non-hydrogen) atoms. The Labute approximate surface area is 107 Å². The fraction of sp³-hybridized carbons (Fsp3) is 1.00. The summed E-state index contributed by atoms with van der Waals surface area (Å²) >= 11 is 0. The standard InChI is InChI=1S/C2H6O.Ba.3H2O.Ti.2H/c1-2-3;;;;;;;/h3H,2H2,1H3;;3*1H2;;;/q;+2;;;;;2*-1. The Morgan fingerprint density at radius 3 is 1.25 bits per heavy atom. The molecule has 0 amide bonds. The third kappa shape index (κ3) is 91.3. The molecule has 0 aliphatic carbocycles. The molecule has 7 N–H and O–H groups in total. The second-order valence-electron chi connectivity index (χ2n) is 0.316. The van der Waals surface area contributed by atoms with Gasteiger partial charge in [0, 0.05) is 28.3 Å². The molecule has 0 saturated carbocycles. The van der Waals surface area contributed by atoms with E-state index in [4.69, 9.17) is 5.11 Å². The van der Waals surface area contributed by atoms with Gasteiger partial charge in [0.15, 0.2) is 0 Å². The van der Waals surface area contributed by atoms with E-state index in [0.717, 1.165) is 0 Å². The van der Waals surface area contributed by atoms with Crippen molar-refractivity contribution in [2.24, 2.45) is 0 Å². The van der Waals surface area contributed by atoms with Crippen molar-refractivity contribution < 1.29 is 46.1 Å². The van der Waals surface area contributed by atoms with Crippen LogP contribution in [0.3, 0.4) is 0 Å². The van der Waals surface area contributed by atoms with Gasteiger partial charge in [-0.2, -0.15) is 0 Å². The zero-order chi connectivity index (χ0) is 2.71. The van der Waals surface area contributed by atoms with Gasteiger partial charge in [0.1, 0.15) is 0 Å². The summed E-state index contributed by atoms with van der Waals surface area (Å²) in [5, 5.41) is 7.57. The van der Waals surface area contributed by atoms with Gasteiger partial charge in [-0.15, -0.1) is 0 Å². The van der Waals surface area contributed by atoms with Crippen LogP contribution in [0.4, 0.5) is 0 Å². The van der Waals surface area contributed by atoms with E-state index in [1.54, 1.807) is 6.92 Å². The van der Waals surface area contributed by atoms with Crippen molar-refractivity contribution in [2.75, 3.05) is 6.61 Å². The molecule has 0 radical (unpaired) electrons. The molecule has 0 spiro atoms. The Bertz CT molecular complexity index is 21.2. The predicted octanol–water partition coefficient (Wildman–Crippen LogP) is -2.63. The van der Waals surface area contributed by atoms with Crippen LogP contribution >= 0.6 is 0 Å². The molecule has 0 atom stereocenters. The number of aliphatic hydroxyl groups excluding tert-OH is 1. The molecule has 52 valence electrons. The van der Waals surface area contributed by atoms with Crippen LogP contribution in [0.25, 0.3) is 0 Å². The van der Waals surface area contributed by atoms with E-state index < -0.39 is 0 Å². The zero-order valence-corrected chi connectivity index (χ0v) is 10.9. The summed E-state index contributed by atoms with van der Waals surface area (Å²) < 4.78 is 0. The smallest absolute Gasteiger partial charge is 1.00 e. The normalized spacial score (nSPS) is 2.25. The van der Waals surface area contributed by atoms with E-state index in [2.05, 4.69) is 0 Å². The van der Waals surface area contributed by atoms with Gasteiger partial charge in [0.05, 0.1) is 0 Å². The van der Waals surface area contributed by atoms with Crippen LogP contribution in [0.15, 0.2) is 0 Å². The monoisotopic (exact) mass is 288 g/mol. The minimum Gasteiger partial charge on any atom is -1.00 e. The van der Waals surface area contributed by atoms with Crippen LogP contribution in [-0.4, -0.2) is 77.0 Å². The average Bonchev–Trinajstić information content (AvgIpc) is 0.918. The second kappa shape index (κ2) is 61.7. The summed E-state index contributed by atoms with van der Waals surface area (Å²) in [7, 11) is 0. The largest absolute Gasteiger partial charge is 2.00 e. The van der Waals surface area contributed by atoms with E-state index >= 15 is 0 Å². The van der Waals surface area contributed by atoms with Crippen LogP contribution < -0.4 is 0 Å². The number of rotatable bonds is 0. The van der Waals surface area contributed by atoms with Crippen molar-refractivity contribution in [3.05, 3.63) is 0 Å². The third-order valence-electron chi connectivity index (χ3n) is 0. The van der Waals surface area contributed by atoms with Gasteiger partial charge in [-0.25, -0.2) is 0 Å². The van der Waals surface area contributed by atoms with E-state index in [-0.39, 0.29) is 96.5 Å². The first kappa shape index (κ1) is 49.5. The summed E-state index contributed by atoms with van der Waals surface area (Å²) in [6, 6.07) is 0. The predicted molar refractivity (Wildman–Crippen MR) is 31.6 cm³/mol. The molecular formula is C2H14BaO4Ti. The van der Waals surface area contributed by atoms with Crippen molar-refractivity contribution in [3.63, 3.8) is 0 Å². The second-order valence-corrected chi connectivity index (χ2v) is 0.316. The maximum absolute atomic E-state index is 7.57. The molecule has 0 rings (SSSR count). The molecule has 0 aromatic carbocycles. The summed E-state index contributed by atoms with van der Waals surface area (Å²) in [5.41, 5.74) is 0. The Balaban J connectivity index is -0.000000000952. The summed E-state index contributed by atoms with van der Waals surface area (Å²) in [6.07, 6.45) is 0. The van der Waals surface area contributed by atoms with Crippen molar-refractivity contribution in [1.29, 1.82) is 0 Å². The summed E-state index contributed by atoms with van der Waals surface area (Å²) in [6.45, 7) is 1.93. The van der Waals surface area contributed by atoms with Crippen LogP contribution in [0.5, 0.6) is 0 Å². The van der Waals surface area contributed by atoms with E-state index in [1.165, 1.54) is 0 Å². The van der Waals surface area contributed by atoms with Gasteiger partial charge in [-0.05, 0) is 6.92 Å². The zero-order valence-electron chi connectivity index (χ0n) is 6.86. The Morgan fingerprint density at radius 1 is 1.25 bits per heavy atom. The molecule has 0 aliphatic heterocycles. The molecule has 4 nitrogen and oxygen atoms in total. The van der Waals surface area contributed by atoms with Gasteiger partial charge >= 0.3 is 48.9 Å². The fourth-order valence-electron chi connectivity index (χ4n) is 0. The van der Waals surface area contributed by atoms with Crippen LogP contribution in [0, 0.1) is 0 Å². The quantitative estimate of drug-likeness (QED) is 0.482. The molecule has 0 unspecified atom stereocenters. The fourth-order valence-corrected chi connectivity index (χ4v) is 0. The van der Waals surface area contributed by atoms with Crippen molar-refractivity contribution in [1.82, 2.24) is 0 Å². The van der Waals surface area contributed by atoms with Gasteiger partial charge in [0.2, 0.25) is 0 Å². The molecule has 0 aromatic heterocycles. The molecule has 0 aromatic rings. The van der Waals surface area contributed by atoms with Gasteiger partial charge in [-0.1, -0.05) is 0 Å². The number of hydrogen-bond donors (Lipinski definition) is 1. The van der Waals surface area contributed by atoms with Crippen molar-refractivity contribution in [2.45, 2.75) is 6.92 Å². The van der Waals surface area contributed by atoms with E-state index in [9.17, 15) is 0 Å². The molecule has 0 aliphatic rings. The Morgan fingerprint density at radius 2 is 1.25 bits per heavy atom. The molecule has 0 bridgehead atoms. The first-order chi connectivity index (χ1) is 1.41. The molecule has 0 fully saturated rings. The van der Waals surface area contributed by atoms with E-state index in [0.29, 0.717) is 0 Å². The number of hydrogen-bond acceptors (Lipinski definition) is 1. The first-order valence-electron chi connectivity index (χ1n) is 1.02. The minimum atomic E-state index is 0. The minimum absolute atomic E-state index is 0. The molecule has 0 heterocycles. The summed E-state index contributed by atoms with van der Waals surface area (Å²) in [5.74, 6) is 0. The van der Waals surface area contributed by atoms with Gasteiger partial charge in [0.25, 0.3) is 0 Å². The molecule has 6 heteroatoms. The van der Waals surface area contributed by atoms with Crippen LogP contribution in [0.2, 0.25) is 0 Å². The maximum atomic E-state index is 7.57. The number of aliphatic hydroxyl groups is 1. The van der Waals surface area contributed by atoms with Gasteiger partial charge < -0.3 is 24.4 Å². The maximum Gasteiger partial charge on any atom is 2.00 e. The average molecular weight is 287 g/mol.